The number of rotatable bonds is 7. The molecular weight excluding hydrogens is 427 g/mol. The van der Waals surface area contributed by atoms with Crippen molar-refractivity contribution in [1.82, 2.24) is 15.1 Å². The van der Waals surface area contributed by atoms with Crippen LogP contribution in [0.5, 0.6) is 0 Å². The minimum atomic E-state index is -1.01. The van der Waals surface area contributed by atoms with E-state index in [9.17, 15) is 9.18 Å². The molecule has 11 heteroatoms. The third kappa shape index (κ3) is 4.69. The van der Waals surface area contributed by atoms with Crippen molar-refractivity contribution in [3.63, 3.8) is 0 Å². The third-order valence-corrected chi connectivity index (χ3v) is 5.09. The Kier molecular flexibility index (Phi) is 5.82. The summed E-state index contributed by atoms with van der Waals surface area (Å²) in [7, 11) is 0. The Bertz CT molecular complexity index is 1290. The van der Waals surface area contributed by atoms with Crippen LogP contribution < -0.4 is 16.8 Å². The molecule has 4 rings (SSSR count). The van der Waals surface area contributed by atoms with Gasteiger partial charge >= 0.3 is 0 Å². The van der Waals surface area contributed by atoms with E-state index in [0.717, 1.165) is 0 Å². The standard InChI is InChI=1S/C22H19FN8O2/c23-14-4-2-1-3-13(14)10-27-17(16-5-8-33-31-16)9-15(25)20-28-11-18(19(26)30-20)29-21(32)22(12-24)6-7-22/h1-5,8-9,11H,6-7,10,25H2,(H,29,32)(H2,26,28,30). The number of nitrogens with two attached hydrogens (primary N) is 2. The number of amides is 1. The molecule has 2 aromatic heterocycles. The second kappa shape index (κ2) is 8.88. The van der Waals surface area contributed by atoms with Crippen LogP contribution in [-0.2, 0) is 11.3 Å². The lowest BCUT2D eigenvalue weighted by molar-refractivity contribution is -0.119. The Morgan fingerprint density at radius 3 is 2.79 bits per heavy atom. The number of nitriles is 1. The van der Waals surface area contributed by atoms with Crippen LogP contribution in [0.25, 0.3) is 5.70 Å². The minimum absolute atomic E-state index is 0.00952. The summed E-state index contributed by atoms with van der Waals surface area (Å²) in [5.41, 5.74) is 12.5. The number of nitrogens with one attached hydrogen (secondary N) is 1. The smallest absolute Gasteiger partial charge is 0.244 e. The number of allylic oxidation sites excluding steroid dienone is 1. The van der Waals surface area contributed by atoms with E-state index in [2.05, 4.69) is 25.4 Å². The number of carbonyl (C=O) groups excluding carboxylic acids is 1. The summed E-state index contributed by atoms with van der Waals surface area (Å²) in [5.74, 6) is -0.736. The first-order chi connectivity index (χ1) is 15.9. The molecule has 0 saturated heterocycles. The van der Waals surface area contributed by atoms with Crippen LogP contribution in [0.2, 0.25) is 0 Å². The lowest BCUT2D eigenvalue weighted by atomic mass is 10.1. The Hall–Kier alpha value is -4.59. The van der Waals surface area contributed by atoms with Gasteiger partial charge in [0, 0.05) is 11.6 Å². The van der Waals surface area contributed by atoms with E-state index in [4.69, 9.17) is 21.3 Å². The maximum Gasteiger partial charge on any atom is 0.244 e. The van der Waals surface area contributed by atoms with Gasteiger partial charge in [-0.3, -0.25) is 9.79 Å². The number of nitrogen functional groups attached to an aromatic ring is 1. The minimum Gasteiger partial charge on any atom is -0.396 e. The van der Waals surface area contributed by atoms with E-state index in [1.165, 1.54) is 24.6 Å². The van der Waals surface area contributed by atoms with Crippen molar-refractivity contribution >= 4 is 28.8 Å². The zero-order chi connectivity index (χ0) is 23.4. The number of carbonyl (C=O) groups is 1. The van der Waals surface area contributed by atoms with Gasteiger partial charge in [0.15, 0.2) is 11.6 Å². The molecule has 0 aliphatic heterocycles. The van der Waals surface area contributed by atoms with Gasteiger partial charge in [0.25, 0.3) is 0 Å². The van der Waals surface area contributed by atoms with Crippen LogP contribution in [0.15, 0.2) is 58.4 Å². The maximum atomic E-state index is 14.0. The molecule has 1 amide bonds. The maximum absolute atomic E-state index is 14.0. The van der Waals surface area contributed by atoms with E-state index >= 15 is 0 Å². The fourth-order valence-corrected chi connectivity index (χ4v) is 2.94. The van der Waals surface area contributed by atoms with Crippen LogP contribution in [0.3, 0.4) is 0 Å². The predicted molar refractivity (Wildman–Crippen MR) is 118 cm³/mol. The first kappa shape index (κ1) is 21.6. The molecule has 2 heterocycles. The molecule has 1 aliphatic carbocycles. The molecule has 0 unspecified atom stereocenters. The molecule has 10 nitrogen and oxygen atoms in total. The molecule has 1 saturated carbocycles. The van der Waals surface area contributed by atoms with Gasteiger partial charge in [0.2, 0.25) is 5.91 Å². The van der Waals surface area contributed by atoms with Crippen molar-refractivity contribution in [2.75, 3.05) is 11.1 Å². The normalized spacial score (nSPS) is 15.0. The number of halogens is 1. The SMILES string of the molecule is N#CC1(C(=O)Nc2cnc(C(N)=CC(=NCc3ccccc3F)c3ccon3)nc2N)CC1. The van der Waals surface area contributed by atoms with Crippen molar-refractivity contribution in [2.45, 2.75) is 19.4 Å². The highest BCUT2D eigenvalue weighted by Crippen LogP contribution is 2.45. The third-order valence-electron chi connectivity index (χ3n) is 5.09. The first-order valence-electron chi connectivity index (χ1n) is 9.93. The molecule has 0 bridgehead atoms. The van der Waals surface area contributed by atoms with E-state index < -0.39 is 11.3 Å². The van der Waals surface area contributed by atoms with Crippen molar-refractivity contribution < 1.29 is 13.7 Å². The van der Waals surface area contributed by atoms with E-state index in [1.807, 2.05) is 6.07 Å². The fraction of sp³-hybridized carbons (Fsp3) is 0.182. The summed E-state index contributed by atoms with van der Waals surface area (Å²) >= 11 is 0. The number of hydrogen-bond donors (Lipinski definition) is 3. The first-order valence-corrected chi connectivity index (χ1v) is 9.93. The lowest BCUT2D eigenvalue weighted by Gasteiger charge is -2.10. The van der Waals surface area contributed by atoms with Crippen LogP contribution in [0.4, 0.5) is 15.9 Å². The molecule has 1 aliphatic rings. The van der Waals surface area contributed by atoms with E-state index in [0.29, 0.717) is 29.8 Å². The Morgan fingerprint density at radius 1 is 1.36 bits per heavy atom. The highest BCUT2D eigenvalue weighted by atomic mass is 19.1. The van der Waals surface area contributed by atoms with E-state index in [-0.39, 0.29) is 35.4 Å². The summed E-state index contributed by atoms with van der Waals surface area (Å²) in [6.07, 6.45) is 5.16. The zero-order valence-corrected chi connectivity index (χ0v) is 17.3. The molecule has 5 N–H and O–H groups in total. The summed E-state index contributed by atoms with van der Waals surface area (Å²) in [6, 6.07) is 9.88. The summed E-state index contributed by atoms with van der Waals surface area (Å²) in [5, 5.41) is 15.6. The van der Waals surface area contributed by atoms with Gasteiger partial charge in [-0.1, -0.05) is 23.4 Å². The number of nitrogens with zero attached hydrogens (tertiary/aromatic N) is 5. The van der Waals surface area contributed by atoms with Crippen molar-refractivity contribution in [1.29, 1.82) is 5.26 Å². The Balaban J connectivity index is 1.57. The van der Waals surface area contributed by atoms with Crippen LogP contribution >= 0.6 is 0 Å². The summed E-state index contributed by atoms with van der Waals surface area (Å²) in [6.45, 7) is 0.0489. The van der Waals surface area contributed by atoms with Gasteiger partial charge in [-0.05, 0) is 25.0 Å². The number of anilines is 2. The van der Waals surface area contributed by atoms with Crippen molar-refractivity contribution in [3.05, 3.63) is 71.8 Å². The highest BCUT2D eigenvalue weighted by molar-refractivity contribution is 6.10. The number of aliphatic imine (C=N–C) groups is 1. The highest BCUT2D eigenvalue weighted by Gasteiger charge is 2.50. The fourth-order valence-electron chi connectivity index (χ4n) is 2.94. The molecule has 33 heavy (non-hydrogen) atoms. The molecular formula is C22H19FN8O2. The van der Waals surface area contributed by atoms with Crippen molar-refractivity contribution in [2.24, 2.45) is 16.1 Å². The molecule has 1 aromatic carbocycles. The molecule has 3 aromatic rings. The summed E-state index contributed by atoms with van der Waals surface area (Å²) < 4.78 is 18.8. The topological polar surface area (TPSA) is 169 Å². The van der Waals surface area contributed by atoms with Gasteiger partial charge in [-0.15, -0.1) is 0 Å². The zero-order valence-electron chi connectivity index (χ0n) is 17.3. The second-order valence-electron chi connectivity index (χ2n) is 7.42. The van der Waals surface area contributed by atoms with Gasteiger partial charge < -0.3 is 21.3 Å². The number of aromatic nitrogens is 3. The number of benzene rings is 1. The monoisotopic (exact) mass is 446 g/mol. The Labute approximate surface area is 187 Å². The lowest BCUT2D eigenvalue weighted by Crippen LogP contribution is -2.24. The quantitative estimate of drug-likeness (QED) is 0.465. The molecule has 0 spiro atoms. The molecule has 166 valence electrons. The van der Waals surface area contributed by atoms with Gasteiger partial charge in [0.05, 0.1) is 30.2 Å². The van der Waals surface area contributed by atoms with Crippen LogP contribution in [0, 0.1) is 22.6 Å². The van der Waals surface area contributed by atoms with Crippen LogP contribution in [-0.4, -0.2) is 26.7 Å². The Morgan fingerprint density at radius 2 is 2.15 bits per heavy atom. The summed E-state index contributed by atoms with van der Waals surface area (Å²) in [4.78, 5) is 24.9. The second-order valence-corrected chi connectivity index (χ2v) is 7.42. The predicted octanol–water partition coefficient (Wildman–Crippen LogP) is 2.42. The molecule has 0 atom stereocenters. The average molecular weight is 446 g/mol. The van der Waals surface area contributed by atoms with Gasteiger partial charge in [-0.25, -0.2) is 14.4 Å². The van der Waals surface area contributed by atoms with E-state index in [1.54, 1.807) is 24.3 Å². The molecule has 1 fully saturated rings. The largest absolute Gasteiger partial charge is 0.396 e. The van der Waals surface area contributed by atoms with Gasteiger partial charge in [0.1, 0.15) is 28.9 Å². The average Bonchev–Trinajstić information content (AvgIpc) is 3.43. The van der Waals surface area contributed by atoms with Crippen molar-refractivity contribution in [3.8, 4) is 6.07 Å². The number of hydrogen-bond acceptors (Lipinski definition) is 9. The van der Waals surface area contributed by atoms with Gasteiger partial charge in [-0.2, -0.15) is 5.26 Å². The molecule has 0 radical (unpaired) electrons. The van der Waals surface area contributed by atoms with Crippen LogP contribution in [0.1, 0.15) is 29.9 Å².